The largest absolute Gasteiger partial charge is 0.455 e. The molecular formula is C46H26N2O2S. The van der Waals surface area contributed by atoms with Crippen molar-refractivity contribution in [3.63, 3.8) is 0 Å². The second-order valence-corrected chi connectivity index (χ2v) is 13.9. The Kier molecular flexibility index (Phi) is 6.09. The maximum atomic E-state index is 6.51. The van der Waals surface area contributed by atoms with Crippen molar-refractivity contribution in [3.8, 4) is 44.9 Å². The van der Waals surface area contributed by atoms with Crippen LogP contribution in [-0.4, -0.2) is 9.97 Å². The molecule has 7 aromatic carbocycles. The molecule has 238 valence electrons. The van der Waals surface area contributed by atoms with Gasteiger partial charge in [0.25, 0.3) is 0 Å². The van der Waals surface area contributed by atoms with Gasteiger partial charge >= 0.3 is 0 Å². The SMILES string of the molecule is c1cc(-c2cccc3c2oc2ccccc23)cc(-c2nc(-c3cccc(-c4cccc5c4sc4ccccc45)c3)nc3c2oc2ccccc23)c1. The lowest BCUT2D eigenvalue weighted by atomic mass is 9.98. The van der Waals surface area contributed by atoms with E-state index in [4.69, 9.17) is 18.8 Å². The molecule has 5 heteroatoms. The fourth-order valence-corrected chi connectivity index (χ4v) is 8.76. The van der Waals surface area contributed by atoms with E-state index in [0.29, 0.717) is 11.4 Å². The lowest BCUT2D eigenvalue weighted by Gasteiger charge is -2.10. The number of hydrogen-bond acceptors (Lipinski definition) is 5. The molecule has 4 nitrogen and oxygen atoms in total. The van der Waals surface area contributed by atoms with Crippen LogP contribution in [0, 0.1) is 0 Å². The minimum atomic E-state index is 0.652. The third kappa shape index (κ3) is 4.38. The summed E-state index contributed by atoms with van der Waals surface area (Å²) in [4.78, 5) is 10.5. The van der Waals surface area contributed by atoms with E-state index < -0.39 is 0 Å². The first-order valence-corrected chi connectivity index (χ1v) is 17.8. The third-order valence-electron chi connectivity index (χ3n) is 9.91. The zero-order valence-corrected chi connectivity index (χ0v) is 27.9. The van der Waals surface area contributed by atoms with Crippen LogP contribution < -0.4 is 0 Å². The Labute approximate surface area is 295 Å². The normalized spacial score (nSPS) is 11.9. The van der Waals surface area contributed by atoms with Crippen LogP contribution in [-0.2, 0) is 0 Å². The van der Waals surface area contributed by atoms with Crippen molar-refractivity contribution in [2.75, 3.05) is 0 Å². The van der Waals surface area contributed by atoms with Gasteiger partial charge in [0.1, 0.15) is 28.0 Å². The van der Waals surface area contributed by atoms with Gasteiger partial charge in [-0.15, -0.1) is 11.3 Å². The molecule has 11 aromatic rings. The number of thiophene rings is 1. The van der Waals surface area contributed by atoms with E-state index in [-0.39, 0.29) is 0 Å². The molecule has 4 heterocycles. The zero-order valence-electron chi connectivity index (χ0n) is 27.1. The van der Waals surface area contributed by atoms with Crippen molar-refractivity contribution >= 4 is 75.5 Å². The smallest absolute Gasteiger partial charge is 0.180 e. The molecule has 0 amide bonds. The Balaban J connectivity index is 1.10. The van der Waals surface area contributed by atoms with Gasteiger partial charge in [-0.2, -0.15) is 0 Å². The van der Waals surface area contributed by atoms with Gasteiger partial charge in [0.2, 0.25) is 0 Å². The Morgan fingerprint density at radius 2 is 1.00 bits per heavy atom. The van der Waals surface area contributed by atoms with Crippen molar-refractivity contribution in [2.24, 2.45) is 0 Å². The highest BCUT2D eigenvalue weighted by molar-refractivity contribution is 7.26. The summed E-state index contributed by atoms with van der Waals surface area (Å²) in [6.45, 7) is 0. The number of fused-ring (bicyclic) bond motifs is 9. The summed E-state index contributed by atoms with van der Waals surface area (Å²) in [5, 5.41) is 5.75. The molecule has 0 atom stereocenters. The van der Waals surface area contributed by atoms with E-state index in [1.54, 1.807) is 0 Å². The van der Waals surface area contributed by atoms with Gasteiger partial charge in [0.15, 0.2) is 11.4 Å². The van der Waals surface area contributed by atoms with Crippen molar-refractivity contribution in [2.45, 2.75) is 0 Å². The van der Waals surface area contributed by atoms with Gasteiger partial charge < -0.3 is 8.83 Å². The molecule has 0 saturated heterocycles. The quantitative estimate of drug-likeness (QED) is 0.187. The predicted molar refractivity (Wildman–Crippen MR) is 211 cm³/mol. The first-order valence-electron chi connectivity index (χ1n) is 17.0. The van der Waals surface area contributed by atoms with Gasteiger partial charge in [-0.1, -0.05) is 121 Å². The summed E-state index contributed by atoms with van der Waals surface area (Å²) in [6, 6.07) is 54.9. The molecule has 0 unspecified atom stereocenters. The van der Waals surface area contributed by atoms with Gasteiger partial charge in [-0.3, -0.25) is 0 Å². The summed E-state index contributed by atoms with van der Waals surface area (Å²) < 4.78 is 15.5. The zero-order chi connectivity index (χ0) is 33.5. The van der Waals surface area contributed by atoms with Crippen molar-refractivity contribution < 1.29 is 8.83 Å². The minimum Gasteiger partial charge on any atom is -0.455 e. The van der Waals surface area contributed by atoms with Crippen LogP contribution in [0.2, 0.25) is 0 Å². The molecule has 0 N–H and O–H groups in total. The van der Waals surface area contributed by atoms with E-state index in [0.717, 1.165) is 71.9 Å². The lowest BCUT2D eigenvalue weighted by molar-refractivity contribution is 0.667. The van der Waals surface area contributed by atoms with Crippen LogP contribution in [0.1, 0.15) is 0 Å². The van der Waals surface area contributed by atoms with Crippen LogP contribution >= 0.6 is 11.3 Å². The number of para-hydroxylation sites is 3. The molecule has 0 radical (unpaired) electrons. The van der Waals surface area contributed by atoms with E-state index >= 15 is 0 Å². The number of hydrogen-bond donors (Lipinski definition) is 0. The first-order chi connectivity index (χ1) is 25.3. The number of aromatic nitrogens is 2. The van der Waals surface area contributed by atoms with Gasteiger partial charge in [-0.05, 0) is 53.1 Å². The van der Waals surface area contributed by atoms with Gasteiger partial charge in [-0.25, -0.2) is 9.97 Å². The van der Waals surface area contributed by atoms with E-state index in [2.05, 4.69) is 127 Å². The van der Waals surface area contributed by atoms with Crippen molar-refractivity contribution in [3.05, 3.63) is 158 Å². The molecule has 0 bridgehead atoms. The summed E-state index contributed by atoms with van der Waals surface area (Å²) in [5.74, 6) is 0.652. The van der Waals surface area contributed by atoms with Gasteiger partial charge in [0.05, 0.1) is 0 Å². The van der Waals surface area contributed by atoms with E-state index in [9.17, 15) is 0 Å². The number of benzene rings is 7. The molecule has 11 rings (SSSR count). The van der Waals surface area contributed by atoms with Gasteiger partial charge in [0, 0.05) is 53.0 Å². The van der Waals surface area contributed by atoms with Crippen LogP contribution in [0.3, 0.4) is 0 Å². The molecule has 0 fully saturated rings. The van der Waals surface area contributed by atoms with Crippen LogP contribution in [0.15, 0.2) is 167 Å². The molecule has 0 aliphatic carbocycles. The third-order valence-corrected chi connectivity index (χ3v) is 11.1. The average molecular weight is 671 g/mol. The lowest BCUT2D eigenvalue weighted by Crippen LogP contribution is -1.94. The number of rotatable bonds is 4. The topological polar surface area (TPSA) is 52.1 Å². The molecule has 0 aliphatic heterocycles. The molecule has 0 saturated carbocycles. The predicted octanol–water partition coefficient (Wildman–Crippen LogP) is 13.3. The monoisotopic (exact) mass is 670 g/mol. The van der Waals surface area contributed by atoms with Crippen LogP contribution in [0.5, 0.6) is 0 Å². The Morgan fingerprint density at radius 1 is 0.412 bits per heavy atom. The second-order valence-electron chi connectivity index (χ2n) is 12.9. The summed E-state index contributed by atoms with van der Waals surface area (Å²) in [7, 11) is 0. The molecule has 0 spiro atoms. The maximum absolute atomic E-state index is 6.51. The van der Waals surface area contributed by atoms with E-state index in [1.165, 1.54) is 25.7 Å². The van der Waals surface area contributed by atoms with Crippen LogP contribution in [0.4, 0.5) is 0 Å². The second kappa shape index (κ2) is 11.0. The Hall–Kier alpha value is -6.56. The summed E-state index contributed by atoms with van der Waals surface area (Å²) >= 11 is 1.84. The number of furan rings is 2. The number of nitrogens with zero attached hydrogens (tertiary/aromatic N) is 2. The first kappa shape index (κ1) is 28.3. The minimum absolute atomic E-state index is 0.652. The highest BCUT2D eigenvalue weighted by Crippen LogP contribution is 2.42. The fourth-order valence-electron chi connectivity index (χ4n) is 7.52. The highest BCUT2D eigenvalue weighted by Gasteiger charge is 2.20. The van der Waals surface area contributed by atoms with Crippen molar-refractivity contribution in [1.29, 1.82) is 0 Å². The molecule has 4 aromatic heterocycles. The average Bonchev–Trinajstić information content (AvgIpc) is 3.89. The molecular weight excluding hydrogens is 645 g/mol. The highest BCUT2D eigenvalue weighted by atomic mass is 32.1. The standard InChI is InChI=1S/C46H26N2O2S/c1-4-22-38-33(15-1)35-20-9-18-31(43(35)49-38)27-11-7-13-29(25-27)41-44-42(37-17-2-5-23-39(37)50-44)48-46(47-41)30-14-8-12-28(26-30)32-19-10-21-36-34-16-3-6-24-40(34)51-45(32)36/h1-26H. The Bertz CT molecular complexity index is 3170. The maximum Gasteiger partial charge on any atom is 0.180 e. The van der Waals surface area contributed by atoms with E-state index in [1.807, 2.05) is 41.7 Å². The molecule has 0 aliphatic rings. The van der Waals surface area contributed by atoms with Crippen LogP contribution in [0.25, 0.3) is 109 Å². The summed E-state index contributed by atoms with van der Waals surface area (Å²) in [5.41, 5.74) is 11.1. The molecule has 51 heavy (non-hydrogen) atoms. The van der Waals surface area contributed by atoms with Crippen molar-refractivity contribution in [1.82, 2.24) is 9.97 Å². The fraction of sp³-hybridized carbons (Fsp3) is 0. The Morgan fingerprint density at radius 3 is 1.86 bits per heavy atom. The summed E-state index contributed by atoms with van der Waals surface area (Å²) in [6.07, 6.45) is 0.